The van der Waals surface area contributed by atoms with Gasteiger partial charge in [0.25, 0.3) is 0 Å². The summed E-state index contributed by atoms with van der Waals surface area (Å²) in [5.41, 5.74) is -1.56. The fraction of sp³-hybridized carbons (Fsp3) is 0.632. The van der Waals surface area contributed by atoms with Crippen LogP contribution >= 0.6 is 0 Å². The van der Waals surface area contributed by atoms with Gasteiger partial charge in [-0.15, -0.1) is 0 Å². The van der Waals surface area contributed by atoms with Crippen molar-refractivity contribution in [3.63, 3.8) is 0 Å². The lowest BCUT2D eigenvalue weighted by Gasteiger charge is -2.60. The molecule has 4 aliphatic carbocycles. The van der Waals surface area contributed by atoms with Crippen LogP contribution in [0.5, 0.6) is 0 Å². The van der Waals surface area contributed by atoms with E-state index in [2.05, 4.69) is 17.6 Å². The summed E-state index contributed by atoms with van der Waals surface area (Å²) in [6, 6.07) is 5.77. The van der Waals surface area contributed by atoms with Gasteiger partial charge in [-0.2, -0.15) is 0 Å². The summed E-state index contributed by atoms with van der Waals surface area (Å²) >= 11 is 0. The summed E-state index contributed by atoms with van der Waals surface area (Å²) in [6.45, 7) is 6.69. The predicted octanol–water partition coefficient (Wildman–Crippen LogP) is 3.20. The van der Waals surface area contributed by atoms with Gasteiger partial charge in [0.15, 0.2) is 18.4 Å². The Hall–Kier alpha value is -3.90. The minimum absolute atomic E-state index is 0.0233. The van der Waals surface area contributed by atoms with Gasteiger partial charge in [0, 0.05) is 18.3 Å². The highest BCUT2D eigenvalue weighted by Crippen LogP contribution is 2.67. The Kier molecular flexibility index (Phi) is 10.7. The lowest BCUT2D eigenvalue weighted by atomic mass is 9.45. The fourth-order valence-electron chi connectivity index (χ4n) is 9.65. The van der Waals surface area contributed by atoms with E-state index < -0.39 is 71.3 Å². The van der Waals surface area contributed by atoms with Crippen molar-refractivity contribution in [2.45, 2.75) is 109 Å². The lowest BCUT2D eigenvalue weighted by Crippen LogP contribution is -2.62. The maximum atomic E-state index is 13.6. The third-order valence-electron chi connectivity index (χ3n) is 12.4. The zero-order valence-electron chi connectivity index (χ0n) is 29.3. The standard InChI is InChI=1S/C38H50N2O10/c1-21(2)32(34(46)40-33(35(47)48)22-8-6-5-7-9-22)39-29(44)12-13-30(45)50-20-28(43)38(49)17-15-26-25-11-10-23-18-24(41)14-16-36(23,3)31(25)27(42)19-37(26,38)4/h5-9,18,21,25-27,31-33,42,49H,10-17,19-20H2,1-4H3,(H,39,44)(H,40,46)(H,47,48)/t25-,26-,27+,31+,32+,33-,36-,37-,38-/m0/s1. The largest absolute Gasteiger partial charge is 0.479 e. The number of hydrogen-bond acceptors (Lipinski definition) is 9. The molecule has 0 bridgehead atoms. The normalized spacial score (nSPS) is 32.8. The Morgan fingerprint density at radius 3 is 2.34 bits per heavy atom. The highest BCUT2D eigenvalue weighted by Gasteiger charge is 2.68. The summed E-state index contributed by atoms with van der Waals surface area (Å²) in [7, 11) is 0. The van der Waals surface area contributed by atoms with Crippen LogP contribution in [0, 0.1) is 34.5 Å². The molecule has 3 saturated carbocycles. The summed E-state index contributed by atoms with van der Waals surface area (Å²) in [6.07, 6.45) is 3.91. The minimum atomic E-state index is -1.80. The number of amides is 2. The van der Waals surface area contributed by atoms with Gasteiger partial charge in [0.2, 0.25) is 17.6 Å². The second-order valence-corrected chi connectivity index (χ2v) is 15.5. The lowest BCUT2D eigenvalue weighted by molar-refractivity contribution is -0.184. The maximum absolute atomic E-state index is 13.6. The van der Waals surface area contributed by atoms with Crippen molar-refractivity contribution >= 4 is 35.3 Å². The van der Waals surface area contributed by atoms with Gasteiger partial charge in [0.1, 0.15) is 11.6 Å². The van der Waals surface area contributed by atoms with Crippen LogP contribution in [0.2, 0.25) is 0 Å². The van der Waals surface area contributed by atoms with E-state index >= 15 is 0 Å². The number of fused-ring (bicyclic) bond motifs is 5. The van der Waals surface area contributed by atoms with E-state index in [1.807, 2.05) is 6.92 Å². The molecular formula is C38H50N2O10. The van der Waals surface area contributed by atoms with Crippen LogP contribution in [0.4, 0.5) is 0 Å². The van der Waals surface area contributed by atoms with Crippen LogP contribution in [0.1, 0.15) is 97.1 Å². The number of rotatable bonds is 12. The molecule has 4 aliphatic rings. The summed E-state index contributed by atoms with van der Waals surface area (Å²) in [5, 5.41) is 38.2. The van der Waals surface area contributed by atoms with Gasteiger partial charge in [-0.3, -0.25) is 24.0 Å². The number of Topliss-reactive ketones (excluding diaryl/α,β-unsaturated/α-hetero) is 1. The van der Waals surface area contributed by atoms with Crippen LogP contribution in [-0.4, -0.2) is 75.0 Å². The number of nitrogens with one attached hydrogen (secondary N) is 2. The van der Waals surface area contributed by atoms with Gasteiger partial charge in [-0.25, -0.2) is 4.79 Å². The molecule has 5 rings (SSSR count). The van der Waals surface area contributed by atoms with Crippen LogP contribution in [0.15, 0.2) is 42.0 Å². The number of hydrogen-bond donors (Lipinski definition) is 5. The second-order valence-electron chi connectivity index (χ2n) is 15.5. The van der Waals surface area contributed by atoms with Crippen molar-refractivity contribution in [1.29, 1.82) is 0 Å². The molecule has 1 aromatic carbocycles. The van der Waals surface area contributed by atoms with Gasteiger partial charge in [-0.1, -0.05) is 63.6 Å². The molecule has 1 aromatic rings. The monoisotopic (exact) mass is 694 g/mol. The molecule has 0 heterocycles. The number of allylic oxidation sites excluding steroid dienone is 1. The zero-order valence-corrected chi connectivity index (χ0v) is 29.3. The first-order chi connectivity index (χ1) is 23.5. The first-order valence-corrected chi connectivity index (χ1v) is 17.7. The molecule has 0 spiro atoms. The molecule has 5 N–H and O–H groups in total. The number of benzene rings is 1. The van der Waals surface area contributed by atoms with Crippen molar-refractivity contribution in [1.82, 2.24) is 10.6 Å². The molecule has 272 valence electrons. The molecule has 0 aromatic heterocycles. The Morgan fingerprint density at radius 1 is 0.980 bits per heavy atom. The van der Waals surface area contributed by atoms with E-state index in [1.165, 1.54) is 0 Å². The topological polar surface area (TPSA) is 196 Å². The number of ether oxygens (including phenoxy) is 1. The summed E-state index contributed by atoms with van der Waals surface area (Å²) in [4.78, 5) is 76.0. The molecule has 0 unspecified atom stereocenters. The number of esters is 1. The van der Waals surface area contributed by atoms with Gasteiger partial charge in [-0.05, 0) is 79.3 Å². The van der Waals surface area contributed by atoms with Crippen LogP contribution < -0.4 is 10.6 Å². The average molecular weight is 695 g/mol. The van der Waals surface area contributed by atoms with Crippen LogP contribution in [0.3, 0.4) is 0 Å². The van der Waals surface area contributed by atoms with E-state index in [9.17, 15) is 44.1 Å². The summed E-state index contributed by atoms with van der Waals surface area (Å²) in [5.74, 6) is -4.35. The van der Waals surface area contributed by atoms with Gasteiger partial charge in [0.05, 0.1) is 12.5 Å². The fourth-order valence-corrected chi connectivity index (χ4v) is 9.65. The number of aliphatic hydroxyl groups excluding tert-OH is 1. The maximum Gasteiger partial charge on any atom is 0.330 e. The van der Waals surface area contributed by atoms with Crippen molar-refractivity contribution < 1.29 is 48.8 Å². The third-order valence-corrected chi connectivity index (χ3v) is 12.4. The molecule has 2 amide bonds. The molecule has 9 atom stereocenters. The summed E-state index contributed by atoms with van der Waals surface area (Å²) < 4.78 is 5.24. The number of aliphatic hydroxyl groups is 2. The Morgan fingerprint density at radius 2 is 1.68 bits per heavy atom. The highest BCUT2D eigenvalue weighted by atomic mass is 16.5. The van der Waals surface area contributed by atoms with Gasteiger partial charge >= 0.3 is 11.9 Å². The highest BCUT2D eigenvalue weighted by molar-refractivity contribution is 5.93. The number of carbonyl (C=O) groups is 6. The van der Waals surface area contributed by atoms with E-state index in [-0.39, 0.29) is 54.6 Å². The van der Waals surface area contributed by atoms with E-state index in [0.29, 0.717) is 24.8 Å². The molecule has 0 saturated heterocycles. The van der Waals surface area contributed by atoms with Gasteiger partial charge < -0.3 is 30.7 Å². The number of carboxylic acids is 1. The average Bonchev–Trinajstić information content (AvgIpc) is 3.34. The third kappa shape index (κ3) is 6.88. The van der Waals surface area contributed by atoms with E-state index in [0.717, 1.165) is 18.4 Å². The Bertz CT molecular complexity index is 1560. The first kappa shape index (κ1) is 37.4. The number of aliphatic carboxylic acids is 1. The van der Waals surface area contributed by atoms with Crippen molar-refractivity contribution in [3.8, 4) is 0 Å². The van der Waals surface area contributed by atoms with E-state index in [1.54, 1.807) is 50.3 Å². The molecule has 50 heavy (non-hydrogen) atoms. The molecule has 3 fully saturated rings. The molecule has 0 aliphatic heterocycles. The second kappa shape index (κ2) is 14.4. The van der Waals surface area contributed by atoms with Crippen LogP contribution in [-0.2, 0) is 33.5 Å². The quantitative estimate of drug-likeness (QED) is 0.203. The van der Waals surface area contributed by atoms with E-state index in [4.69, 9.17) is 4.74 Å². The molecule has 12 nitrogen and oxygen atoms in total. The Labute approximate surface area is 292 Å². The zero-order chi connectivity index (χ0) is 36.6. The molecular weight excluding hydrogens is 644 g/mol. The number of ketones is 2. The Balaban J connectivity index is 1.14. The SMILES string of the molecule is CC(C)[C@@H](NC(=O)CCC(=O)OCC(=O)[C@@]1(O)CC[C@H]2[C@@H]3CCC4=CC(=O)CC[C@]4(C)[C@H]3[C@H](O)C[C@@]21C)C(=O)N[C@H](C(=O)O)c1ccccc1. The number of carbonyl (C=O) groups excluding carboxylic acids is 5. The van der Waals surface area contributed by atoms with Crippen molar-refractivity contribution in [2.75, 3.05) is 6.61 Å². The molecule has 12 heteroatoms. The predicted molar refractivity (Wildman–Crippen MR) is 180 cm³/mol. The van der Waals surface area contributed by atoms with Crippen LogP contribution in [0.25, 0.3) is 0 Å². The van der Waals surface area contributed by atoms with Crippen molar-refractivity contribution in [3.05, 3.63) is 47.5 Å². The minimum Gasteiger partial charge on any atom is -0.479 e. The van der Waals surface area contributed by atoms with Crippen molar-refractivity contribution in [2.24, 2.45) is 34.5 Å². The number of carboxylic acid groups (broad SMARTS) is 1. The first-order valence-electron chi connectivity index (χ1n) is 17.7. The smallest absolute Gasteiger partial charge is 0.330 e. The molecule has 0 radical (unpaired) electrons.